The van der Waals surface area contributed by atoms with Crippen molar-refractivity contribution in [2.75, 3.05) is 11.5 Å². The first-order valence-electron chi connectivity index (χ1n) is 7.30. The summed E-state index contributed by atoms with van der Waals surface area (Å²) in [5.74, 6) is -0.724. The summed E-state index contributed by atoms with van der Waals surface area (Å²) < 4.78 is 0. The van der Waals surface area contributed by atoms with Crippen LogP contribution in [0.2, 0.25) is 0 Å². The molecule has 0 aromatic heterocycles. The lowest BCUT2D eigenvalue weighted by Crippen LogP contribution is -2.48. The van der Waals surface area contributed by atoms with E-state index in [4.69, 9.17) is 5.73 Å². The number of anilines is 1. The number of hydrogen-bond acceptors (Lipinski definition) is 4. The molecule has 1 fully saturated rings. The highest BCUT2D eigenvalue weighted by Gasteiger charge is 2.41. The maximum atomic E-state index is 11.5. The molecular weight excluding hydrogens is 268 g/mol. The number of amides is 1. The molecule has 0 spiro atoms. The van der Waals surface area contributed by atoms with Crippen LogP contribution in [0.5, 0.6) is 5.75 Å². The second kappa shape index (κ2) is 5.07. The minimum absolute atomic E-state index is 0.0248. The molecule has 21 heavy (non-hydrogen) atoms. The number of hydrogen-bond donors (Lipinski definition) is 3. The average molecular weight is 288 g/mol. The van der Waals surface area contributed by atoms with Gasteiger partial charge >= 0.3 is 0 Å². The Balaban J connectivity index is 2.14. The first-order valence-corrected chi connectivity index (χ1v) is 7.30. The summed E-state index contributed by atoms with van der Waals surface area (Å²) in [6.07, 6.45) is 8.46. The van der Waals surface area contributed by atoms with Gasteiger partial charge in [-0.3, -0.25) is 4.79 Å². The van der Waals surface area contributed by atoms with Crippen LogP contribution in [0.1, 0.15) is 41.6 Å². The average Bonchev–Trinajstić information content (AvgIpc) is 2.96. The predicted octanol–water partition coefficient (Wildman–Crippen LogP) is 1.67. The Morgan fingerprint density at radius 3 is 2.67 bits per heavy atom. The molecule has 0 bridgehead atoms. The Morgan fingerprint density at radius 1 is 1.33 bits per heavy atom. The van der Waals surface area contributed by atoms with Gasteiger partial charge in [-0.2, -0.15) is 0 Å². The van der Waals surface area contributed by atoms with Crippen molar-refractivity contribution in [1.29, 1.82) is 0 Å². The monoisotopic (exact) mass is 288 g/mol. The van der Waals surface area contributed by atoms with Gasteiger partial charge in [0.2, 0.25) is 0 Å². The third-order valence-corrected chi connectivity index (χ3v) is 4.67. The number of primary amides is 1. The molecule has 1 aliphatic heterocycles. The van der Waals surface area contributed by atoms with Gasteiger partial charge in [0.15, 0.2) is 5.75 Å². The smallest absolute Gasteiger partial charge is 0.252 e. The quantitative estimate of drug-likeness (QED) is 0.789. The molecule has 0 radical (unpaired) electrons. The minimum Gasteiger partial charge on any atom is -0.505 e. The zero-order valence-electron chi connectivity index (χ0n) is 11.9. The fourth-order valence-electron chi connectivity index (χ4n) is 3.52. The number of fused-ring (bicyclic) bond motifs is 1. The van der Waals surface area contributed by atoms with Crippen molar-refractivity contribution in [3.8, 4) is 5.75 Å². The van der Waals surface area contributed by atoms with Gasteiger partial charge in [-0.25, -0.2) is 0 Å². The van der Waals surface area contributed by atoms with E-state index in [1.165, 1.54) is 0 Å². The van der Waals surface area contributed by atoms with Gasteiger partial charge in [0.1, 0.15) is 0 Å². The van der Waals surface area contributed by atoms with Gasteiger partial charge in [0.25, 0.3) is 5.91 Å². The molecule has 0 saturated heterocycles. The van der Waals surface area contributed by atoms with Crippen molar-refractivity contribution < 1.29 is 15.0 Å². The molecule has 1 aromatic rings. The first-order chi connectivity index (χ1) is 10.1. The number of carbonyl (C=O) groups excluding carboxylic acids is 1. The molecule has 0 atom stereocenters. The Kier molecular flexibility index (Phi) is 3.37. The fraction of sp³-hybridized carbons (Fsp3) is 0.438. The summed E-state index contributed by atoms with van der Waals surface area (Å²) >= 11 is 0. The highest BCUT2D eigenvalue weighted by molar-refractivity contribution is 5.98. The Labute approximate surface area is 123 Å². The fourth-order valence-corrected chi connectivity index (χ4v) is 3.52. The number of nitrogens with two attached hydrogens (primary N) is 1. The van der Waals surface area contributed by atoms with Gasteiger partial charge < -0.3 is 20.8 Å². The minimum atomic E-state index is -0.644. The molecule has 0 unspecified atom stereocenters. The molecule has 5 heteroatoms. The van der Waals surface area contributed by atoms with Crippen LogP contribution >= 0.6 is 0 Å². The van der Waals surface area contributed by atoms with Crippen LogP contribution < -0.4 is 10.6 Å². The van der Waals surface area contributed by atoms with Crippen LogP contribution in [-0.4, -0.2) is 28.3 Å². The van der Waals surface area contributed by atoms with Crippen LogP contribution in [0.4, 0.5) is 5.69 Å². The highest BCUT2D eigenvalue weighted by Crippen LogP contribution is 2.45. The number of rotatable bonds is 3. The largest absolute Gasteiger partial charge is 0.505 e. The van der Waals surface area contributed by atoms with E-state index in [0.29, 0.717) is 12.1 Å². The number of aliphatic hydroxyl groups is 1. The van der Waals surface area contributed by atoms with E-state index in [2.05, 4.69) is 0 Å². The van der Waals surface area contributed by atoms with Gasteiger partial charge in [0, 0.05) is 6.20 Å². The zero-order valence-corrected chi connectivity index (χ0v) is 11.9. The van der Waals surface area contributed by atoms with E-state index in [-0.39, 0.29) is 23.5 Å². The van der Waals surface area contributed by atoms with E-state index in [0.717, 1.165) is 31.2 Å². The maximum absolute atomic E-state index is 11.5. The van der Waals surface area contributed by atoms with Crippen molar-refractivity contribution in [3.05, 3.63) is 35.5 Å². The molecular formula is C16H20N2O3. The number of carbonyl (C=O) groups is 1. The van der Waals surface area contributed by atoms with Crippen molar-refractivity contribution in [2.45, 2.75) is 37.6 Å². The summed E-state index contributed by atoms with van der Waals surface area (Å²) in [6.45, 7) is 0.0248. The first kappa shape index (κ1) is 13.9. The molecule has 1 aromatic carbocycles. The summed E-state index contributed by atoms with van der Waals surface area (Å²) in [5, 5.41) is 20.4. The van der Waals surface area contributed by atoms with Crippen molar-refractivity contribution in [2.24, 2.45) is 5.73 Å². The van der Waals surface area contributed by atoms with Crippen molar-refractivity contribution in [3.63, 3.8) is 0 Å². The Morgan fingerprint density at radius 2 is 2.05 bits per heavy atom. The normalized spacial score (nSPS) is 19.6. The topological polar surface area (TPSA) is 86.8 Å². The van der Waals surface area contributed by atoms with Crippen LogP contribution in [-0.2, 0) is 6.42 Å². The number of phenols is 1. The summed E-state index contributed by atoms with van der Waals surface area (Å²) in [5.41, 5.74) is 6.62. The number of aliphatic hydroxyl groups excluding tert-OH is 1. The third kappa shape index (κ3) is 2.08. The van der Waals surface area contributed by atoms with Gasteiger partial charge in [0.05, 0.1) is 23.4 Å². The van der Waals surface area contributed by atoms with Crippen LogP contribution in [0.15, 0.2) is 24.4 Å². The van der Waals surface area contributed by atoms with Gasteiger partial charge in [-0.05, 0) is 30.9 Å². The van der Waals surface area contributed by atoms with Crippen molar-refractivity contribution in [1.82, 2.24) is 0 Å². The van der Waals surface area contributed by atoms with Crippen LogP contribution in [0.3, 0.4) is 0 Å². The SMILES string of the molecule is NC(=O)c1ccc2c(c1O)N(C1(CO)CCCC1)C=CC2. The summed E-state index contributed by atoms with van der Waals surface area (Å²) in [6, 6.07) is 3.39. The summed E-state index contributed by atoms with van der Waals surface area (Å²) in [4.78, 5) is 13.4. The van der Waals surface area contributed by atoms with Gasteiger partial charge in [-0.1, -0.05) is 25.0 Å². The van der Waals surface area contributed by atoms with Gasteiger partial charge in [-0.15, -0.1) is 0 Å². The molecule has 1 aliphatic carbocycles. The molecule has 5 nitrogen and oxygen atoms in total. The number of allylic oxidation sites excluding steroid dienone is 1. The lowest BCUT2D eigenvalue weighted by Gasteiger charge is -2.42. The van der Waals surface area contributed by atoms with Crippen LogP contribution in [0, 0.1) is 0 Å². The number of benzene rings is 1. The third-order valence-electron chi connectivity index (χ3n) is 4.67. The van der Waals surface area contributed by atoms with E-state index in [9.17, 15) is 15.0 Å². The second-order valence-corrected chi connectivity index (χ2v) is 5.88. The van der Waals surface area contributed by atoms with Crippen LogP contribution in [0.25, 0.3) is 0 Å². The zero-order chi connectivity index (χ0) is 15.0. The molecule has 1 amide bonds. The predicted molar refractivity (Wildman–Crippen MR) is 80.2 cm³/mol. The summed E-state index contributed by atoms with van der Waals surface area (Å²) in [7, 11) is 0. The lowest BCUT2D eigenvalue weighted by molar-refractivity contribution is 0.0997. The highest BCUT2D eigenvalue weighted by atomic mass is 16.3. The standard InChI is InChI=1S/C16H20N2O3/c17-15(21)12-6-5-11-4-3-9-18(13(11)14(12)20)16(10-19)7-1-2-8-16/h3,5-6,9,19-20H,1-2,4,7-8,10H2,(H2,17,21). The molecule has 1 saturated carbocycles. The molecule has 112 valence electrons. The Bertz CT molecular complexity index is 604. The van der Waals surface area contributed by atoms with E-state index in [1.807, 2.05) is 23.2 Å². The number of nitrogens with zero attached hydrogens (tertiary/aromatic N) is 1. The molecule has 4 N–H and O–H groups in total. The lowest BCUT2D eigenvalue weighted by atomic mass is 9.91. The van der Waals surface area contributed by atoms with E-state index in [1.54, 1.807) is 6.07 Å². The van der Waals surface area contributed by atoms with E-state index >= 15 is 0 Å². The molecule has 3 rings (SSSR count). The number of aromatic hydroxyl groups is 1. The van der Waals surface area contributed by atoms with Crippen molar-refractivity contribution >= 4 is 11.6 Å². The van der Waals surface area contributed by atoms with E-state index < -0.39 is 5.91 Å². The Hall–Kier alpha value is -2.01. The molecule has 2 aliphatic rings. The maximum Gasteiger partial charge on any atom is 0.252 e. The molecule has 1 heterocycles. The second-order valence-electron chi connectivity index (χ2n) is 5.88.